The number of ether oxygens (including phenoxy) is 1. The lowest BCUT2D eigenvalue weighted by Crippen LogP contribution is -1.97. The maximum Gasteiger partial charge on any atom is 0.163 e. The fraction of sp³-hybridized carbons (Fsp3) is 0.273. The number of carbonyl (C=O) groups excluding carboxylic acids is 1. The number of aromatic nitrogens is 1. The van der Waals surface area contributed by atoms with E-state index in [-0.39, 0.29) is 5.78 Å². The molecule has 0 fully saturated rings. The minimum absolute atomic E-state index is 0.00958. The highest BCUT2D eigenvalue weighted by Gasteiger charge is 2.06. The number of hydrogen-bond donors (Lipinski definition) is 0. The van der Waals surface area contributed by atoms with E-state index in [0.29, 0.717) is 12.2 Å². The molecular weight excluding hydrogens is 178 g/mol. The van der Waals surface area contributed by atoms with Gasteiger partial charge in [0, 0.05) is 12.4 Å². The predicted octanol–water partition coefficient (Wildman–Crippen LogP) is 2.05. The molecule has 0 aromatic carbocycles. The van der Waals surface area contributed by atoms with Crippen molar-refractivity contribution in [1.29, 1.82) is 0 Å². The monoisotopic (exact) mass is 191 g/mol. The van der Waals surface area contributed by atoms with Crippen molar-refractivity contribution in [2.45, 2.75) is 13.8 Å². The Labute approximate surface area is 83.4 Å². The van der Waals surface area contributed by atoms with Crippen LogP contribution in [0.3, 0.4) is 0 Å². The molecule has 74 valence electrons. The van der Waals surface area contributed by atoms with Crippen molar-refractivity contribution in [2.24, 2.45) is 0 Å². The lowest BCUT2D eigenvalue weighted by Gasteiger charge is -2.03. The Bertz CT molecular complexity index is 330. The lowest BCUT2D eigenvalue weighted by molar-refractivity contribution is -0.111. The number of Topliss-reactive ketones (excluding diaryl/α,β-unsaturated/α-hetero) is 1. The van der Waals surface area contributed by atoms with Crippen LogP contribution in [-0.2, 0) is 9.53 Å². The Balaban J connectivity index is 2.95. The molecule has 0 atom stereocenters. The Hall–Kier alpha value is -1.64. The van der Waals surface area contributed by atoms with Gasteiger partial charge in [0.2, 0.25) is 0 Å². The predicted molar refractivity (Wildman–Crippen MR) is 54.5 cm³/mol. The first-order valence-electron chi connectivity index (χ1n) is 4.48. The maximum atomic E-state index is 11.3. The molecule has 3 heteroatoms. The first kappa shape index (κ1) is 10.4. The second-order valence-electron chi connectivity index (χ2n) is 2.78. The average molecular weight is 191 g/mol. The van der Waals surface area contributed by atoms with Gasteiger partial charge in [-0.2, -0.15) is 0 Å². The van der Waals surface area contributed by atoms with Gasteiger partial charge < -0.3 is 4.74 Å². The molecule has 0 unspecified atom stereocenters. The molecule has 0 N–H and O–H groups in total. The van der Waals surface area contributed by atoms with Crippen molar-refractivity contribution in [2.75, 3.05) is 6.61 Å². The van der Waals surface area contributed by atoms with E-state index >= 15 is 0 Å². The van der Waals surface area contributed by atoms with E-state index in [2.05, 4.69) is 4.98 Å². The van der Waals surface area contributed by atoms with Crippen molar-refractivity contribution in [1.82, 2.24) is 4.98 Å². The smallest absolute Gasteiger partial charge is 0.163 e. The summed E-state index contributed by atoms with van der Waals surface area (Å²) in [4.78, 5) is 15.2. The van der Waals surface area contributed by atoms with Crippen molar-refractivity contribution in [3.63, 3.8) is 0 Å². The zero-order chi connectivity index (χ0) is 10.4. The standard InChI is InChI=1S/C11H13NO2/c1-3-14-8-11(9(2)13)10-4-6-12-7-5-10/h4-8H,3H2,1-2H3. The molecular formula is C11H13NO2. The van der Waals surface area contributed by atoms with Crippen molar-refractivity contribution >= 4 is 11.4 Å². The van der Waals surface area contributed by atoms with Crippen LogP contribution in [0.4, 0.5) is 0 Å². The quantitative estimate of drug-likeness (QED) is 0.540. The highest BCUT2D eigenvalue weighted by Crippen LogP contribution is 2.14. The van der Waals surface area contributed by atoms with Crippen LogP contribution in [0.2, 0.25) is 0 Å². The van der Waals surface area contributed by atoms with Gasteiger partial charge in [0.05, 0.1) is 18.4 Å². The first-order chi connectivity index (χ1) is 6.75. The Kier molecular flexibility index (Phi) is 3.85. The van der Waals surface area contributed by atoms with Crippen LogP contribution in [0.25, 0.3) is 5.57 Å². The molecule has 3 nitrogen and oxygen atoms in total. The summed E-state index contributed by atoms with van der Waals surface area (Å²) in [6, 6.07) is 3.57. The van der Waals surface area contributed by atoms with E-state index in [0.717, 1.165) is 5.56 Å². The molecule has 1 aromatic heterocycles. The van der Waals surface area contributed by atoms with Crippen molar-refractivity contribution < 1.29 is 9.53 Å². The third-order valence-corrected chi connectivity index (χ3v) is 1.74. The number of pyridine rings is 1. The summed E-state index contributed by atoms with van der Waals surface area (Å²) >= 11 is 0. The Morgan fingerprint density at radius 2 is 2.14 bits per heavy atom. The summed E-state index contributed by atoms with van der Waals surface area (Å²) < 4.78 is 5.11. The molecule has 0 aliphatic heterocycles. The van der Waals surface area contributed by atoms with Gasteiger partial charge in [-0.25, -0.2) is 0 Å². The molecule has 0 amide bonds. The molecule has 0 aliphatic carbocycles. The Morgan fingerprint density at radius 1 is 1.50 bits per heavy atom. The molecule has 0 spiro atoms. The zero-order valence-corrected chi connectivity index (χ0v) is 8.36. The first-order valence-corrected chi connectivity index (χ1v) is 4.48. The van der Waals surface area contributed by atoms with E-state index in [1.165, 1.54) is 13.2 Å². The van der Waals surface area contributed by atoms with Crippen LogP contribution in [0.1, 0.15) is 19.4 Å². The van der Waals surface area contributed by atoms with E-state index < -0.39 is 0 Å². The summed E-state index contributed by atoms with van der Waals surface area (Å²) in [5.41, 5.74) is 1.41. The topological polar surface area (TPSA) is 39.2 Å². The van der Waals surface area contributed by atoms with Gasteiger partial charge in [-0.05, 0) is 31.5 Å². The van der Waals surface area contributed by atoms with Crippen LogP contribution >= 0.6 is 0 Å². The number of allylic oxidation sites excluding steroid dienone is 1. The van der Waals surface area contributed by atoms with Gasteiger partial charge >= 0.3 is 0 Å². The SMILES string of the molecule is CCOC=C(C(C)=O)c1ccncc1. The number of carbonyl (C=O) groups is 1. The van der Waals surface area contributed by atoms with Crippen LogP contribution < -0.4 is 0 Å². The summed E-state index contributed by atoms with van der Waals surface area (Å²) in [6.07, 6.45) is 4.80. The molecule has 0 radical (unpaired) electrons. The summed E-state index contributed by atoms with van der Waals surface area (Å²) in [7, 11) is 0. The number of nitrogens with zero attached hydrogens (tertiary/aromatic N) is 1. The second-order valence-corrected chi connectivity index (χ2v) is 2.78. The highest BCUT2D eigenvalue weighted by molar-refractivity contribution is 6.19. The molecule has 0 aliphatic rings. The molecule has 1 rings (SSSR count). The van der Waals surface area contributed by atoms with Gasteiger partial charge in [-0.15, -0.1) is 0 Å². The zero-order valence-electron chi connectivity index (χ0n) is 8.36. The molecule has 0 bridgehead atoms. The minimum atomic E-state index is -0.00958. The van der Waals surface area contributed by atoms with E-state index in [4.69, 9.17) is 4.74 Å². The van der Waals surface area contributed by atoms with E-state index in [1.807, 2.05) is 6.92 Å². The molecule has 14 heavy (non-hydrogen) atoms. The molecule has 0 saturated heterocycles. The van der Waals surface area contributed by atoms with E-state index in [9.17, 15) is 4.79 Å². The summed E-state index contributed by atoms with van der Waals surface area (Å²) in [6.45, 7) is 3.95. The van der Waals surface area contributed by atoms with Crippen LogP contribution in [0.15, 0.2) is 30.8 Å². The lowest BCUT2D eigenvalue weighted by atomic mass is 10.1. The van der Waals surface area contributed by atoms with Gasteiger partial charge in [0.1, 0.15) is 0 Å². The van der Waals surface area contributed by atoms with Gasteiger partial charge in [0.15, 0.2) is 5.78 Å². The summed E-state index contributed by atoms with van der Waals surface area (Å²) in [5, 5.41) is 0. The van der Waals surface area contributed by atoms with Crippen molar-refractivity contribution in [3.8, 4) is 0 Å². The maximum absolute atomic E-state index is 11.3. The van der Waals surface area contributed by atoms with Crippen molar-refractivity contribution in [3.05, 3.63) is 36.4 Å². The Morgan fingerprint density at radius 3 is 2.64 bits per heavy atom. The van der Waals surface area contributed by atoms with Crippen LogP contribution in [0, 0.1) is 0 Å². The normalized spacial score (nSPS) is 11.1. The number of hydrogen-bond acceptors (Lipinski definition) is 3. The average Bonchev–Trinajstić information content (AvgIpc) is 2.19. The molecule has 1 heterocycles. The highest BCUT2D eigenvalue weighted by atomic mass is 16.5. The minimum Gasteiger partial charge on any atom is -0.501 e. The van der Waals surface area contributed by atoms with Crippen LogP contribution in [0.5, 0.6) is 0 Å². The van der Waals surface area contributed by atoms with Gasteiger partial charge in [0.25, 0.3) is 0 Å². The molecule has 1 aromatic rings. The third kappa shape index (κ3) is 2.69. The van der Waals surface area contributed by atoms with Gasteiger partial charge in [-0.1, -0.05) is 0 Å². The van der Waals surface area contributed by atoms with Gasteiger partial charge in [-0.3, -0.25) is 9.78 Å². The fourth-order valence-electron chi connectivity index (χ4n) is 1.05. The number of ketones is 1. The number of rotatable bonds is 4. The largest absolute Gasteiger partial charge is 0.501 e. The second kappa shape index (κ2) is 5.17. The summed E-state index contributed by atoms with van der Waals surface area (Å²) in [5.74, 6) is -0.00958. The fourth-order valence-corrected chi connectivity index (χ4v) is 1.05. The van der Waals surface area contributed by atoms with Crippen LogP contribution in [-0.4, -0.2) is 17.4 Å². The third-order valence-electron chi connectivity index (χ3n) is 1.74. The van der Waals surface area contributed by atoms with E-state index in [1.54, 1.807) is 24.5 Å². The molecule has 0 saturated carbocycles.